The fourth-order valence-electron chi connectivity index (χ4n) is 4.25. The Morgan fingerprint density at radius 1 is 1.38 bits per heavy atom. The summed E-state index contributed by atoms with van der Waals surface area (Å²) in [6, 6.07) is 10.2. The molecule has 0 saturated carbocycles. The SMILES string of the molecule is Cc1cccc(CN(CC2CCCO2)C(=O)c2cc3c(nc2N)CCN(C)C3)c1. The summed E-state index contributed by atoms with van der Waals surface area (Å²) in [6.45, 7) is 5.71. The number of nitrogens with zero attached hydrogens (tertiary/aromatic N) is 3. The molecule has 1 saturated heterocycles. The van der Waals surface area contributed by atoms with Gasteiger partial charge in [0.05, 0.1) is 11.7 Å². The van der Waals surface area contributed by atoms with Crippen molar-refractivity contribution >= 4 is 11.7 Å². The van der Waals surface area contributed by atoms with Gasteiger partial charge >= 0.3 is 0 Å². The Hall–Kier alpha value is -2.44. The lowest BCUT2D eigenvalue weighted by Gasteiger charge is -2.28. The van der Waals surface area contributed by atoms with Gasteiger partial charge < -0.3 is 20.3 Å². The van der Waals surface area contributed by atoms with Crippen LogP contribution in [0.5, 0.6) is 0 Å². The Morgan fingerprint density at radius 2 is 2.24 bits per heavy atom. The first-order valence-corrected chi connectivity index (χ1v) is 10.4. The summed E-state index contributed by atoms with van der Waals surface area (Å²) < 4.78 is 5.82. The van der Waals surface area contributed by atoms with Crippen molar-refractivity contribution in [1.29, 1.82) is 0 Å². The highest BCUT2D eigenvalue weighted by Crippen LogP contribution is 2.24. The zero-order valence-corrected chi connectivity index (χ0v) is 17.4. The second-order valence-electron chi connectivity index (χ2n) is 8.32. The maximum absolute atomic E-state index is 13.5. The molecule has 1 atom stereocenters. The minimum absolute atomic E-state index is 0.0666. The predicted molar refractivity (Wildman–Crippen MR) is 114 cm³/mol. The van der Waals surface area contributed by atoms with E-state index in [1.807, 2.05) is 17.0 Å². The fraction of sp³-hybridized carbons (Fsp3) is 0.478. The topological polar surface area (TPSA) is 71.7 Å². The van der Waals surface area contributed by atoms with Gasteiger partial charge in [-0.2, -0.15) is 0 Å². The zero-order chi connectivity index (χ0) is 20.4. The highest BCUT2D eigenvalue weighted by Gasteiger charge is 2.27. The van der Waals surface area contributed by atoms with Gasteiger partial charge in [0.15, 0.2) is 0 Å². The first kappa shape index (κ1) is 19.9. The molecule has 2 N–H and O–H groups in total. The van der Waals surface area contributed by atoms with E-state index in [9.17, 15) is 4.79 Å². The molecule has 2 aliphatic heterocycles. The lowest BCUT2D eigenvalue weighted by Crippen LogP contribution is -2.38. The van der Waals surface area contributed by atoms with Gasteiger partial charge in [0.1, 0.15) is 5.82 Å². The van der Waals surface area contributed by atoms with Crippen molar-refractivity contribution in [2.24, 2.45) is 0 Å². The average molecular weight is 395 g/mol. The molecule has 1 aromatic carbocycles. The fourth-order valence-corrected chi connectivity index (χ4v) is 4.25. The van der Waals surface area contributed by atoms with Crippen molar-refractivity contribution in [2.45, 2.75) is 45.4 Å². The average Bonchev–Trinajstić information content (AvgIpc) is 3.20. The highest BCUT2D eigenvalue weighted by molar-refractivity contribution is 5.98. The lowest BCUT2D eigenvalue weighted by atomic mass is 10.0. The number of benzene rings is 1. The van der Waals surface area contributed by atoms with Crippen molar-refractivity contribution in [3.63, 3.8) is 0 Å². The third kappa shape index (κ3) is 4.60. The van der Waals surface area contributed by atoms with E-state index in [1.165, 1.54) is 5.56 Å². The van der Waals surface area contributed by atoms with Crippen molar-refractivity contribution in [3.05, 3.63) is 58.3 Å². The molecular weight excluding hydrogens is 364 g/mol. The van der Waals surface area contributed by atoms with Gasteiger partial charge in [0, 0.05) is 44.9 Å². The van der Waals surface area contributed by atoms with Crippen LogP contribution in [0.3, 0.4) is 0 Å². The number of rotatable bonds is 5. The van der Waals surface area contributed by atoms with E-state index in [0.29, 0.717) is 24.5 Å². The molecule has 4 rings (SSSR count). The van der Waals surface area contributed by atoms with E-state index >= 15 is 0 Å². The molecule has 0 aliphatic carbocycles. The monoisotopic (exact) mass is 394 g/mol. The number of nitrogen functional groups attached to an aromatic ring is 1. The number of aryl methyl sites for hydroxylation is 1. The van der Waals surface area contributed by atoms with Crippen molar-refractivity contribution < 1.29 is 9.53 Å². The molecule has 0 spiro atoms. The van der Waals surface area contributed by atoms with E-state index in [2.05, 4.69) is 42.1 Å². The molecule has 0 bridgehead atoms. The second kappa shape index (κ2) is 8.51. The van der Waals surface area contributed by atoms with Gasteiger partial charge in [-0.3, -0.25) is 4.79 Å². The normalized spacial score (nSPS) is 19.2. The van der Waals surface area contributed by atoms with Crippen LogP contribution in [0.1, 0.15) is 45.6 Å². The molecule has 29 heavy (non-hydrogen) atoms. The Bertz CT molecular complexity index is 892. The first-order chi connectivity index (χ1) is 14.0. The number of carbonyl (C=O) groups excluding carboxylic acids is 1. The minimum Gasteiger partial charge on any atom is -0.383 e. The molecule has 1 aromatic heterocycles. The smallest absolute Gasteiger partial charge is 0.257 e. The quantitative estimate of drug-likeness (QED) is 0.844. The number of aromatic nitrogens is 1. The molecule has 1 fully saturated rings. The molecule has 154 valence electrons. The van der Waals surface area contributed by atoms with Gasteiger partial charge in [-0.15, -0.1) is 0 Å². The molecule has 2 aromatic rings. The van der Waals surface area contributed by atoms with E-state index < -0.39 is 0 Å². The number of pyridine rings is 1. The summed E-state index contributed by atoms with van der Waals surface area (Å²) in [7, 11) is 2.09. The van der Waals surface area contributed by atoms with Gasteiger partial charge in [-0.05, 0) is 44.0 Å². The standard InChI is InChI=1S/C23H30N4O2/c1-16-5-3-6-17(11-16)13-27(15-19-7-4-10-29-19)23(28)20-12-18-14-26(2)9-8-21(18)25-22(20)24/h3,5-6,11-12,19H,4,7-10,13-15H2,1-2H3,(H2,24,25). The number of ether oxygens (including phenoxy) is 1. The third-order valence-corrected chi connectivity index (χ3v) is 5.81. The Labute approximate surface area is 172 Å². The largest absolute Gasteiger partial charge is 0.383 e. The van der Waals surface area contributed by atoms with E-state index in [1.54, 1.807) is 0 Å². The van der Waals surface area contributed by atoms with E-state index in [4.69, 9.17) is 10.5 Å². The maximum Gasteiger partial charge on any atom is 0.257 e. The summed E-state index contributed by atoms with van der Waals surface area (Å²) in [5, 5.41) is 0. The van der Waals surface area contributed by atoms with Crippen LogP contribution in [0.4, 0.5) is 5.82 Å². The molecule has 6 heteroatoms. The van der Waals surface area contributed by atoms with Gasteiger partial charge in [0.25, 0.3) is 5.91 Å². The number of nitrogens with two attached hydrogens (primary N) is 1. The van der Waals surface area contributed by atoms with Crippen molar-refractivity contribution in [1.82, 2.24) is 14.8 Å². The van der Waals surface area contributed by atoms with E-state index in [0.717, 1.165) is 55.8 Å². The molecule has 1 amide bonds. The second-order valence-corrected chi connectivity index (χ2v) is 8.32. The molecule has 0 radical (unpaired) electrons. The Balaban J connectivity index is 1.62. The van der Waals surface area contributed by atoms with Crippen LogP contribution in [0.2, 0.25) is 0 Å². The van der Waals surface area contributed by atoms with Crippen LogP contribution in [-0.4, -0.2) is 53.5 Å². The summed E-state index contributed by atoms with van der Waals surface area (Å²) in [5.74, 6) is 0.267. The molecule has 1 unspecified atom stereocenters. The zero-order valence-electron chi connectivity index (χ0n) is 17.4. The number of amides is 1. The van der Waals surface area contributed by atoms with Crippen LogP contribution in [0, 0.1) is 6.92 Å². The summed E-state index contributed by atoms with van der Waals surface area (Å²) in [6.07, 6.45) is 2.99. The number of carbonyl (C=O) groups is 1. The van der Waals surface area contributed by atoms with Crippen LogP contribution in [0.25, 0.3) is 0 Å². The van der Waals surface area contributed by atoms with Crippen LogP contribution in [-0.2, 0) is 24.2 Å². The number of hydrogen-bond acceptors (Lipinski definition) is 5. The van der Waals surface area contributed by atoms with Gasteiger partial charge in [-0.25, -0.2) is 4.98 Å². The molecular formula is C23H30N4O2. The van der Waals surface area contributed by atoms with Gasteiger partial charge in [-0.1, -0.05) is 29.8 Å². The number of hydrogen-bond donors (Lipinski definition) is 1. The van der Waals surface area contributed by atoms with Crippen LogP contribution >= 0.6 is 0 Å². The number of fused-ring (bicyclic) bond motifs is 1. The molecule has 6 nitrogen and oxygen atoms in total. The Kier molecular flexibility index (Phi) is 5.83. The van der Waals surface area contributed by atoms with E-state index in [-0.39, 0.29) is 12.0 Å². The molecule has 2 aliphatic rings. The maximum atomic E-state index is 13.5. The van der Waals surface area contributed by atoms with Crippen LogP contribution in [0.15, 0.2) is 30.3 Å². The van der Waals surface area contributed by atoms with Gasteiger partial charge in [0.2, 0.25) is 0 Å². The molecule has 3 heterocycles. The number of likely N-dealkylation sites (N-methyl/N-ethyl adjacent to an activating group) is 1. The van der Waals surface area contributed by atoms with Crippen molar-refractivity contribution in [3.8, 4) is 0 Å². The third-order valence-electron chi connectivity index (χ3n) is 5.81. The summed E-state index contributed by atoms with van der Waals surface area (Å²) in [5.41, 5.74) is 11.2. The lowest BCUT2D eigenvalue weighted by molar-refractivity contribution is 0.0507. The minimum atomic E-state index is -0.0666. The Morgan fingerprint density at radius 3 is 3.00 bits per heavy atom. The first-order valence-electron chi connectivity index (χ1n) is 10.4. The summed E-state index contributed by atoms with van der Waals surface area (Å²) in [4.78, 5) is 22.2. The van der Waals surface area contributed by atoms with Crippen molar-refractivity contribution in [2.75, 3.05) is 32.5 Å². The van der Waals surface area contributed by atoms with Crippen LogP contribution < -0.4 is 5.73 Å². The predicted octanol–water partition coefficient (Wildman–Crippen LogP) is 2.78. The number of anilines is 1. The highest BCUT2D eigenvalue weighted by atomic mass is 16.5. The summed E-state index contributed by atoms with van der Waals surface area (Å²) >= 11 is 0.